The number of unbranched alkanes of at least 4 members (excludes halogenated alkanes) is 1. The van der Waals surface area contributed by atoms with Gasteiger partial charge in [0.05, 0.1) is 0 Å². The maximum absolute atomic E-state index is 11.5. The lowest BCUT2D eigenvalue weighted by Crippen LogP contribution is -2.37. The zero-order chi connectivity index (χ0) is 11.1. The van der Waals surface area contributed by atoms with Gasteiger partial charge in [-0.05, 0) is 45.1 Å². The molecule has 1 saturated carbocycles. The number of amides is 1. The van der Waals surface area contributed by atoms with Crippen molar-refractivity contribution in [1.29, 1.82) is 0 Å². The summed E-state index contributed by atoms with van der Waals surface area (Å²) in [7, 11) is 0. The molecule has 0 saturated heterocycles. The smallest absolute Gasteiger partial charge is 0.220 e. The average Bonchev–Trinajstić information content (AvgIpc) is 2.70. The number of carbonyl (C=O) groups excluding carboxylic acids is 1. The Hall–Kier alpha value is -0.570. The molecule has 15 heavy (non-hydrogen) atoms. The number of rotatable bonds is 6. The molecule has 1 rings (SSSR count). The minimum atomic E-state index is 0.197. The third-order valence-corrected chi connectivity index (χ3v) is 3.35. The fourth-order valence-electron chi connectivity index (χ4n) is 2.33. The molecule has 0 radical (unpaired) electrons. The van der Waals surface area contributed by atoms with Crippen LogP contribution in [-0.2, 0) is 4.79 Å². The summed E-state index contributed by atoms with van der Waals surface area (Å²) in [5.74, 6) is 0.909. The highest BCUT2D eigenvalue weighted by atomic mass is 16.1. The van der Waals surface area contributed by atoms with Crippen LogP contribution in [0.1, 0.15) is 51.9 Å². The first-order chi connectivity index (χ1) is 7.24. The van der Waals surface area contributed by atoms with Gasteiger partial charge in [0.2, 0.25) is 5.91 Å². The molecule has 88 valence electrons. The van der Waals surface area contributed by atoms with Crippen molar-refractivity contribution in [2.24, 2.45) is 11.7 Å². The molecule has 0 aromatic rings. The predicted octanol–water partition coefficient (Wildman–Crippen LogP) is 1.81. The van der Waals surface area contributed by atoms with E-state index < -0.39 is 0 Å². The van der Waals surface area contributed by atoms with E-state index in [-0.39, 0.29) is 5.91 Å². The summed E-state index contributed by atoms with van der Waals surface area (Å²) in [4.78, 5) is 11.5. The molecule has 0 heterocycles. The lowest BCUT2D eigenvalue weighted by atomic mass is 9.99. The minimum absolute atomic E-state index is 0.197. The van der Waals surface area contributed by atoms with E-state index in [4.69, 9.17) is 5.73 Å². The molecule has 3 N–H and O–H groups in total. The van der Waals surface area contributed by atoms with Gasteiger partial charge in [0.25, 0.3) is 0 Å². The van der Waals surface area contributed by atoms with E-state index in [0.717, 1.165) is 12.8 Å². The summed E-state index contributed by atoms with van der Waals surface area (Å²) < 4.78 is 0. The van der Waals surface area contributed by atoms with Crippen LogP contribution in [0.4, 0.5) is 0 Å². The predicted molar refractivity (Wildman–Crippen MR) is 62.5 cm³/mol. The van der Waals surface area contributed by atoms with Gasteiger partial charge in [-0.3, -0.25) is 4.79 Å². The fraction of sp³-hybridized carbons (Fsp3) is 0.917. The van der Waals surface area contributed by atoms with Crippen molar-refractivity contribution in [1.82, 2.24) is 5.32 Å². The van der Waals surface area contributed by atoms with Crippen molar-refractivity contribution < 1.29 is 4.79 Å². The molecule has 3 heteroatoms. The van der Waals surface area contributed by atoms with Crippen molar-refractivity contribution >= 4 is 5.91 Å². The highest BCUT2D eigenvalue weighted by Gasteiger charge is 2.22. The van der Waals surface area contributed by atoms with Gasteiger partial charge in [0, 0.05) is 12.5 Å². The van der Waals surface area contributed by atoms with Crippen LogP contribution in [0.5, 0.6) is 0 Å². The second kappa shape index (κ2) is 6.83. The van der Waals surface area contributed by atoms with Crippen LogP contribution in [0.25, 0.3) is 0 Å². The maximum atomic E-state index is 11.5. The molecular formula is C12H24N2O. The Balaban J connectivity index is 2.13. The largest absolute Gasteiger partial charge is 0.353 e. The van der Waals surface area contributed by atoms with Crippen LogP contribution in [-0.4, -0.2) is 18.5 Å². The van der Waals surface area contributed by atoms with Crippen molar-refractivity contribution in [3.63, 3.8) is 0 Å². The summed E-state index contributed by atoms with van der Waals surface area (Å²) in [6.45, 7) is 2.82. The molecule has 0 aliphatic heterocycles. The van der Waals surface area contributed by atoms with Gasteiger partial charge >= 0.3 is 0 Å². The Morgan fingerprint density at radius 2 is 2.07 bits per heavy atom. The summed E-state index contributed by atoms with van der Waals surface area (Å²) in [5, 5.41) is 3.10. The Kier molecular flexibility index (Phi) is 5.69. The molecule has 1 unspecified atom stereocenters. The topological polar surface area (TPSA) is 55.1 Å². The van der Waals surface area contributed by atoms with E-state index in [1.54, 1.807) is 0 Å². The SMILES string of the molecule is CC(NC(=O)CCCCN)C1CCCC1. The monoisotopic (exact) mass is 212 g/mol. The van der Waals surface area contributed by atoms with Gasteiger partial charge < -0.3 is 11.1 Å². The lowest BCUT2D eigenvalue weighted by molar-refractivity contribution is -0.122. The summed E-state index contributed by atoms with van der Waals surface area (Å²) in [6.07, 6.45) is 7.73. The summed E-state index contributed by atoms with van der Waals surface area (Å²) in [6, 6.07) is 0.359. The molecule has 0 aromatic heterocycles. The first-order valence-corrected chi connectivity index (χ1v) is 6.23. The molecule has 1 aliphatic rings. The number of hydrogen-bond acceptors (Lipinski definition) is 2. The normalized spacial score (nSPS) is 19.1. The van der Waals surface area contributed by atoms with Crippen LogP contribution in [0, 0.1) is 5.92 Å². The Morgan fingerprint density at radius 1 is 1.40 bits per heavy atom. The van der Waals surface area contributed by atoms with E-state index in [0.29, 0.717) is 24.9 Å². The zero-order valence-electron chi connectivity index (χ0n) is 9.80. The van der Waals surface area contributed by atoms with Crippen LogP contribution < -0.4 is 11.1 Å². The second-order valence-corrected chi connectivity index (χ2v) is 4.65. The Morgan fingerprint density at radius 3 is 2.67 bits per heavy atom. The minimum Gasteiger partial charge on any atom is -0.353 e. The lowest BCUT2D eigenvalue weighted by Gasteiger charge is -2.20. The van der Waals surface area contributed by atoms with Gasteiger partial charge in [0.1, 0.15) is 0 Å². The van der Waals surface area contributed by atoms with E-state index in [1.165, 1.54) is 25.7 Å². The zero-order valence-corrected chi connectivity index (χ0v) is 9.80. The highest BCUT2D eigenvalue weighted by Crippen LogP contribution is 2.27. The first-order valence-electron chi connectivity index (χ1n) is 6.23. The molecule has 0 bridgehead atoms. The molecule has 0 spiro atoms. The standard InChI is InChI=1S/C12H24N2O/c1-10(11-6-2-3-7-11)14-12(15)8-4-5-9-13/h10-11H,2-9,13H2,1H3,(H,14,15). The number of hydrogen-bond donors (Lipinski definition) is 2. The van der Waals surface area contributed by atoms with Gasteiger partial charge in [0.15, 0.2) is 0 Å². The number of carbonyl (C=O) groups is 1. The van der Waals surface area contributed by atoms with E-state index in [9.17, 15) is 4.79 Å². The molecule has 3 nitrogen and oxygen atoms in total. The van der Waals surface area contributed by atoms with E-state index in [1.807, 2.05) is 0 Å². The third kappa shape index (κ3) is 4.65. The fourth-order valence-corrected chi connectivity index (χ4v) is 2.33. The number of nitrogens with one attached hydrogen (secondary N) is 1. The molecule has 1 amide bonds. The highest BCUT2D eigenvalue weighted by molar-refractivity contribution is 5.76. The van der Waals surface area contributed by atoms with Crippen molar-refractivity contribution in [3.8, 4) is 0 Å². The van der Waals surface area contributed by atoms with Crippen LogP contribution in [0.15, 0.2) is 0 Å². The Labute approximate surface area is 92.8 Å². The maximum Gasteiger partial charge on any atom is 0.220 e. The summed E-state index contributed by atoms with van der Waals surface area (Å²) in [5.41, 5.74) is 5.38. The third-order valence-electron chi connectivity index (χ3n) is 3.35. The molecule has 1 aliphatic carbocycles. The van der Waals surface area contributed by atoms with Crippen molar-refractivity contribution in [3.05, 3.63) is 0 Å². The van der Waals surface area contributed by atoms with E-state index in [2.05, 4.69) is 12.2 Å². The second-order valence-electron chi connectivity index (χ2n) is 4.65. The van der Waals surface area contributed by atoms with Gasteiger partial charge in [-0.1, -0.05) is 12.8 Å². The van der Waals surface area contributed by atoms with Crippen LogP contribution in [0.3, 0.4) is 0 Å². The van der Waals surface area contributed by atoms with Gasteiger partial charge in [-0.2, -0.15) is 0 Å². The quantitative estimate of drug-likeness (QED) is 0.660. The number of nitrogens with two attached hydrogens (primary N) is 1. The van der Waals surface area contributed by atoms with Gasteiger partial charge in [-0.25, -0.2) is 0 Å². The molecule has 1 atom stereocenters. The van der Waals surface area contributed by atoms with Crippen molar-refractivity contribution in [2.75, 3.05) is 6.54 Å². The molecule has 0 aromatic carbocycles. The molecule has 1 fully saturated rings. The van der Waals surface area contributed by atoms with Crippen LogP contribution >= 0.6 is 0 Å². The molecular weight excluding hydrogens is 188 g/mol. The first kappa shape index (κ1) is 12.5. The van der Waals surface area contributed by atoms with Crippen molar-refractivity contribution in [2.45, 2.75) is 57.9 Å². The van der Waals surface area contributed by atoms with Gasteiger partial charge in [-0.15, -0.1) is 0 Å². The Bertz CT molecular complexity index is 188. The average molecular weight is 212 g/mol. The van der Waals surface area contributed by atoms with Crippen LogP contribution in [0.2, 0.25) is 0 Å². The van der Waals surface area contributed by atoms with E-state index >= 15 is 0 Å². The summed E-state index contributed by atoms with van der Waals surface area (Å²) >= 11 is 0.